The minimum atomic E-state index is -0.550. The molecule has 8 heteroatoms. The molecule has 0 atom stereocenters. The molecular weight excluding hydrogens is 290 g/mol. The summed E-state index contributed by atoms with van der Waals surface area (Å²) in [5.41, 5.74) is 0.497. The van der Waals surface area contributed by atoms with Crippen molar-refractivity contribution in [2.45, 2.75) is 12.8 Å². The molecule has 0 bridgehead atoms. The van der Waals surface area contributed by atoms with Gasteiger partial charge in [0.15, 0.2) is 0 Å². The van der Waals surface area contributed by atoms with Gasteiger partial charge in [0.05, 0.1) is 0 Å². The van der Waals surface area contributed by atoms with Crippen LogP contribution in [0.1, 0.15) is 12.8 Å². The molecule has 1 fully saturated rings. The van der Waals surface area contributed by atoms with E-state index in [4.69, 9.17) is 0 Å². The summed E-state index contributed by atoms with van der Waals surface area (Å²) >= 11 is 0. The first-order valence-electron chi connectivity index (χ1n) is 6.72. The molecule has 0 aromatic heterocycles. The number of likely N-dealkylation sites (tertiary alicyclic amines) is 1. The molecule has 0 saturated carbocycles. The van der Waals surface area contributed by atoms with Crippen molar-refractivity contribution < 1.29 is 23.9 Å². The molecule has 124 valence electrons. The second kappa shape index (κ2) is 11.2. The van der Waals surface area contributed by atoms with Crippen LogP contribution in [0.4, 0.5) is 9.59 Å². The molecule has 0 radical (unpaired) electrons. The van der Waals surface area contributed by atoms with Gasteiger partial charge in [0.1, 0.15) is 13.2 Å². The highest BCUT2D eigenvalue weighted by Crippen LogP contribution is 2.08. The summed E-state index contributed by atoms with van der Waals surface area (Å²) in [6.07, 6.45) is 2.18. The second-order valence-corrected chi connectivity index (χ2v) is 4.28. The monoisotopic (exact) mass is 313 g/mol. The second-order valence-electron chi connectivity index (χ2n) is 4.28. The van der Waals surface area contributed by atoms with E-state index in [2.05, 4.69) is 33.3 Å². The number of carbonyl (C=O) groups is 3. The van der Waals surface area contributed by atoms with Crippen LogP contribution >= 0.6 is 0 Å². The Morgan fingerprint density at radius 2 is 1.73 bits per heavy atom. The van der Waals surface area contributed by atoms with Gasteiger partial charge in [0.2, 0.25) is 5.91 Å². The van der Waals surface area contributed by atoms with E-state index in [9.17, 15) is 14.4 Å². The first-order valence-corrected chi connectivity index (χ1v) is 6.72. The minimum Gasteiger partial charge on any atom is -0.445 e. The Hall–Kier alpha value is -2.51. The molecule has 1 aliphatic rings. The average Bonchev–Trinajstić information content (AvgIpc) is 2.95. The van der Waals surface area contributed by atoms with Crippen molar-refractivity contribution in [2.24, 2.45) is 0 Å². The van der Waals surface area contributed by atoms with E-state index in [0.29, 0.717) is 12.0 Å². The third-order valence-electron chi connectivity index (χ3n) is 2.55. The van der Waals surface area contributed by atoms with E-state index in [1.54, 1.807) is 11.1 Å². The summed E-state index contributed by atoms with van der Waals surface area (Å²) in [5.74, 6) is 0.208. The van der Waals surface area contributed by atoms with E-state index in [1.165, 1.54) is 14.1 Å². The zero-order valence-corrected chi connectivity index (χ0v) is 13.0. The Kier molecular flexibility index (Phi) is 9.91. The number of alkyl carbamates (subject to hydrolysis) is 2. The maximum atomic E-state index is 10.7. The standard InChI is InChI=1S/C8H14N2O4.C6H9NO/c1-6(4-13-7(11)9-2)5-14-8(12)10-3;1-2-7-5-3-4-6(7)8/h1,4-5H2,2-3H3,(H,9,11)(H,10,12);2H,1,3-5H2. The number of amides is 3. The van der Waals surface area contributed by atoms with Gasteiger partial charge >= 0.3 is 12.2 Å². The highest BCUT2D eigenvalue weighted by atomic mass is 16.6. The fourth-order valence-electron chi connectivity index (χ4n) is 1.38. The smallest absolute Gasteiger partial charge is 0.407 e. The Balaban J connectivity index is 0.000000461. The Morgan fingerprint density at radius 1 is 1.23 bits per heavy atom. The predicted molar refractivity (Wildman–Crippen MR) is 81.1 cm³/mol. The fourth-order valence-corrected chi connectivity index (χ4v) is 1.38. The number of carbonyl (C=O) groups excluding carboxylic acids is 3. The van der Waals surface area contributed by atoms with Crippen molar-refractivity contribution in [1.29, 1.82) is 0 Å². The number of rotatable bonds is 5. The maximum Gasteiger partial charge on any atom is 0.407 e. The normalized spacial score (nSPS) is 12.6. The highest BCUT2D eigenvalue weighted by molar-refractivity contribution is 5.78. The molecule has 1 rings (SSSR count). The van der Waals surface area contributed by atoms with Crippen molar-refractivity contribution in [3.8, 4) is 0 Å². The zero-order chi connectivity index (χ0) is 17.0. The number of nitrogens with one attached hydrogen (secondary N) is 2. The lowest BCUT2D eigenvalue weighted by atomic mass is 10.3. The lowest BCUT2D eigenvalue weighted by Crippen LogP contribution is -2.23. The van der Waals surface area contributed by atoms with Gasteiger partial charge in [-0.2, -0.15) is 0 Å². The summed E-state index contributed by atoms with van der Waals surface area (Å²) in [6, 6.07) is 0. The van der Waals surface area contributed by atoms with Crippen LogP contribution in [0.2, 0.25) is 0 Å². The topological polar surface area (TPSA) is 97.0 Å². The third kappa shape index (κ3) is 8.62. The van der Waals surface area contributed by atoms with Crippen LogP contribution in [0.25, 0.3) is 0 Å². The van der Waals surface area contributed by atoms with Crippen LogP contribution in [0.15, 0.2) is 24.9 Å². The van der Waals surface area contributed by atoms with Gasteiger partial charge < -0.3 is 25.0 Å². The Labute approximate surface area is 130 Å². The van der Waals surface area contributed by atoms with Gasteiger partial charge in [-0.25, -0.2) is 9.59 Å². The molecule has 22 heavy (non-hydrogen) atoms. The van der Waals surface area contributed by atoms with Gasteiger partial charge in [-0.15, -0.1) is 0 Å². The molecule has 1 saturated heterocycles. The predicted octanol–water partition coefficient (Wildman–Crippen LogP) is 1.01. The van der Waals surface area contributed by atoms with Gasteiger partial charge in [-0.1, -0.05) is 13.2 Å². The Morgan fingerprint density at radius 3 is 2.00 bits per heavy atom. The van der Waals surface area contributed by atoms with Crippen LogP contribution in [0.5, 0.6) is 0 Å². The van der Waals surface area contributed by atoms with Gasteiger partial charge in [-0.05, 0) is 18.2 Å². The van der Waals surface area contributed by atoms with Crippen LogP contribution < -0.4 is 10.6 Å². The molecule has 0 aromatic carbocycles. The molecule has 0 aliphatic carbocycles. The average molecular weight is 313 g/mol. The summed E-state index contributed by atoms with van der Waals surface area (Å²) in [7, 11) is 2.90. The van der Waals surface area contributed by atoms with E-state index in [1.807, 2.05) is 0 Å². The molecule has 8 nitrogen and oxygen atoms in total. The molecule has 0 spiro atoms. The molecule has 0 aromatic rings. The van der Waals surface area contributed by atoms with E-state index >= 15 is 0 Å². The van der Waals surface area contributed by atoms with Crippen molar-refractivity contribution >= 4 is 18.1 Å². The molecule has 2 N–H and O–H groups in total. The highest BCUT2D eigenvalue weighted by Gasteiger charge is 2.16. The minimum absolute atomic E-state index is 0.0245. The quantitative estimate of drug-likeness (QED) is 0.738. The zero-order valence-electron chi connectivity index (χ0n) is 13.0. The van der Waals surface area contributed by atoms with E-state index in [0.717, 1.165) is 13.0 Å². The first-order chi connectivity index (χ1) is 10.4. The summed E-state index contributed by atoms with van der Waals surface area (Å²) < 4.78 is 9.32. The SMILES string of the molecule is C=C(COC(=O)NC)COC(=O)NC.C=CN1CCCC1=O. The van der Waals surface area contributed by atoms with Crippen LogP contribution in [0, 0.1) is 0 Å². The van der Waals surface area contributed by atoms with Crippen molar-refractivity contribution in [2.75, 3.05) is 33.9 Å². The Bertz CT molecular complexity index is 401. The lowest BCUT2D eigenvalue weighted by molar-refractivity contribution is -0.125. The van der Waals surface area contributed by atoms with E-state index in [-0.39, 0.29) is 19.1 Å². The summed E-state index contributed by atoms with van der Waals surface area (Å²) in [6.45, 7) is 7.97. The van der Waals surface area contributed by atoms with Crippen molar-refractivity contribution in [1.82, 2.24) is 15.5 Å². The van der Waals surface area contributed by atoms with Crippen molar-refractivity contribution in [3.05, 3.63) is 24.9 Å². The molecule has 3 amide bonds. The van der Waals surface area contributed by atoms with Crippen LogP contribution in [-0.4, -0.2) is 56.8 Å². The van der Waals surface area contributed by atoms with Crippen molar-refractivity contribution in [3.63, 3.8) is 0 Å². The lowest BCUT2D eigenvalue weighted by Gasteiger charge is -2.07. The fraction of sp³-hybridized carbons (Fsp3) is 0.500. The largest absolute Gasteiger partial charge is 0.445 e. The summed E-state index contributed by atoms with van der Waals surface area (Å²) in [5, 5.41) is 4.55. The van der Waals surface area contributed by atoms with Crippen LogP contribution in [0.3, 0.4) is 0 Å². The molecule has 0 unspecified atom stereocenters. The first kappa shape index (κ1) is 19.5. The van der Waals surface area contributed by atoms with Gasteiger partial charge in [-0.3, -0.25) is 4.79 Å². The molecule has 1 aliphatic heterocycles. The number of ether oxygens (including phenoxy) is 2. The molecular formula is C14H23N3O5. The van der Waals surface area contributed by atoms with E-state index < -0.39 is 12.2 Å². The third-order valence-corrected chi connectivity index (χ3v) is 2.55. The maximum absolute atomic E-state index is 10.7. The number of hydrogen-bond acceptors (Lipinski definition) is 5. The summed E-state index contributed by atoms with van der Waals surface area (Å²) in [4.78, 5) is 33.5. The van der Waals surface area contributed by atoms with Gasteiger partial charge in [0, 0.05) is 27.1 Å². The number of hydrogen-bond donors (Lipinski definition) is 2. The molecule has 1 heterocycles. The van der Waals surface area contributed by atoms with Gasteiger partial charge in [0.25, 0.3) is 0 Å². The van der Waals surface area contributed by atoms with Crippen LogP contribution in [-0.2, 0) is 14.3 Å². The number of nitrogens with zero attached hydrogens (tertiary/aromatic N) is 1.